The number of carbonyl (C=O) groups excluding carboxylic acids is 1. The number of rotatable bonds is 8. The molecule has 3 rings (SSSR count). The largest absolute Gasteiger partial charge is 0.494 e. The molecular formula is C24H26N2O4S. The molecule has 0 aliphatic rings. The van der Waals surface area contributed by atoms with Gasteiger partial charge in [0.1, 0.15) is 11.8 Å². The molecule has 7 heteroatoms. The maximum absolute atomic E-state index is 13.1. The van der Waals surface area contributed by atoms with Gasteiger partial charge in [0, 0.05) is 11.3 Å². The summed E-state index contributed by atoms with van der Waals surface area (Å²) in [5.74, 6) is 0.205. The summed E-state index contributed by atoms with van der Waals surface area (Å²) in [6, 6.07) is 22.8. The normalized spacial score (nSPS) is 12.1. The number of sulfonamides is 1. The van der Waals surface area contributed by atoms with E-state index in [0.29, 0.717) is 23.7 Å². The van der Waals surface area contributed by atoms with E-state index in [0.717, 1.165) is 21.7 Å². The number of amides is 1. The molecule has 0 spiro atoms. The molecule has 0 saturated carbocycles. The number of ether oxygens (including phenoxy) is 1. The van der Waals surface area contributed by atoms with Gasteiger partial charge in [0.2, 0.25) is 15.9 Å². The lowest BCUT2D eigenvalue weighted by atomic mass is 10.0. The first-order chi connectivity index (χ1) is 14.8. The molecule has 0 radical (unpaired) electrons. The highest BCUT2D eigenvalue weighted by molar-refractivity contribution is 7.92. The highest BCUT2D eigenvalue weighted by Crippen LogP contribution is 2.29. The number of carbonyl (C=O) groups is 1. The molecule has 1 amide bonds. The van der Waals surface area contributed by atoms with Crippen molar-refractivity contribution in [2.45, 2.75) is 19.9 Å². The van der Waals surface area contributed by atoms with Crippen molar-refractivity contribution >= 4 is 27.3 Å². The van der Waals surface area contributed by atoms with Crippen LogP contribution in [0, 0.1) is 0 Å². The molecule has 0 aliphatic heterocycles. The zero-order valence-corrected chi connectivity index (χ0v) is 18.6. The molecule has 0 aromatic heterocycles. The van der Waals surface area contributed by atoms with Gasteiger partial charge < -0.3 is 10.1 Å². The Kier molecular flexibility index (Phi) is 6.97. The summed E-state index contributed by atoms with van der Waals surface area (Å²) < 4.78 is 31.6. The first kappa shape index (κ1) is 22.4. The predicted octanol–water partition coefficient (Wildman–Crippen LogP) is 4.55. The minimum absolute atomic E-state index is 0.393. The van der Waals surface area contributed by atoms with Crippen molar-refractivity contribution in [3.05, 3.63) is 78.9 Å². The molecule has 0 unspecified atom stereocenters. The smallest absolute Gasteiger partial charge is 0.248 e. The molecule has 0 aliphatic carbocycles. The number of benzene rings is 3. The second-order valence-corrected chi connectivity index (χ2v) is 8.92. The van der Waals surface area contributed by atoms with Crippen LogP contribution in [0.15, 0.2) is 78.9 Å². The third kappa shape index (κ3) is 5.44. The molecule has 0 fully saturated rings. The summed E-state index contributed by atoms with van der Waals surface area (Å²) in [7, 11) is -3.71. The first-order valence-electron chi connectivity index (χ1n) is 9.99. The molecule has 0 saturated heterocycles. The van der Waals surface area contributed by atoms with E-state index in [9.17, 15) is 13.2 Å². The summed E-state index contributed by atoms with van der Waals surface area (Å²) in [4.78, 5) is 13.1. The van der Waals surface area contributed by atoms with Gasteiger partial charge in [-0.2, -0.15) is 0 Å². The molecule has 6 nitrogen and oxygen atoms in total. The van der Waals surface area contributed by atoms with Gasteiger partial charge in [-0.15, -0.1) is 0 Å². The number of hydrogen-bond donors (Lipinski definition) is 1. The highest BCUT2D eigenvalue weighted by Gasteiger charge is 2.29. The van der Waals surface area contributed by atoms with E-state index in [4.69, 9.17) is 4.74 Å². The fraction of sp³-hybridized carbons (Fsp3) is 0.208. The Morgan fingerprint density at radius 2 is 1.58 bits per heavy atom. The zero-order chi connectivity index (χ0) is 22.4. The van der Waals surface area contributed by atoms with Crippen molar-refractivity contribution in [3.63, 3.8) is 0 Å². The molecule has 0 bridgehead atoms. The SMILES string of the molecule is CCOc1ccc(N([C@H](C)C(=O)Nc2ccccc2-c2ccccc2)S(C)(=O)=O)cc1. The number of anilines is 2. The summed E-state index contributed by atoms with van der Waals surface area (Å²) in [6.07, 6.45) is 1.09. The van der Waals surface area contributed by atoms with Crippen molar-refractivity contribution in [3.8, 4) is 16.9 Å². The monoisotopic (exact) mass is 438 g/mol. The summed E-state index contributed by atoms with van der Waals surface area (Å²) in [5, 5.41) is 2.89. The molecule has 3 aromatic carbocycles. The Labute approximate surface area is 183 Å². The lowest BCUT2D eigenvalue weighted by Gasteiger charge is -2.28. The molecule has 162 valence electrons. The molecular weight excluding hydrogens is 412 g/mol. The van der Waals surface area contributed by atoms with E-state index in [1.165, 1.54) is 0 Å². The van der Waals surface area contributed by atoms with Crippen molar-refractivity contribution in [2.75, 3.05) is 22.5 Å². The van der Waals surface area contributed by atoms with Gasteiger partial charge in [-0.3, -0.25) is 9.10 Å². The lowest BCUT2D eigenvalue weighted by molar-refractivity contribution is -0.116. The van der Waals surface area contributed by atoms with Gasteiger partial charge in [-0.05, 0) is 49.7 Å². The Morgan fingerprint density at radius 1 is 0.968 bits per heavy atom. The average Bonchev–Trinajstić information content (AvgIpc) is 2.75. The van der Waals surface area contributed by atoms with Gasteiger partial charge in [0.25, 0.3) is 0 Å². The average molecular weight is 439 g/mol. The summed E-state index contributed by atoms with van der Waals surface area (Å²) in [5.41, 5.74) is 2.82. The maximum atomic E-state index is 13.1. The Balaban J connectivity index is 1.88. The van der Waals surface area contributed by atoms with Crippen molar-refractivity contribution in [1.29, 1.82) is 0 Å². The Morgan fingerprint density at radius 3 is 2.19 bits per heavy atom. The fourth-order valence-corrected chi connectivity index (χ4v) is 4.54. The van der Waals surface area contributed by atoms with Crippen LogP contribution in [0.4, 0.5) is 11.4 Å². The number of nitrogens with one attached hydrogen (secondary N) is 1. The number of para-hydroxylation sites is 1. The van der Waals surface area contributed by atoms with Gasteiger partial charge >= 0.3 is 0 Å². The molecule has 1 N–H and O–H groups in total. The second kappa shape index (κ2) is 9.66. The lowest BCUT2D eigenvalue weighted by Crippen LogP contribution is -2.45. The van der Waals surface area contributed by atoms with Gasteiger partial charge in [-0.1, -0.05) is 48.5 Å². The van der Waals surface area contributed by atoms with Crippen molar-refractivity contribution in [1.82, 2.24) is 0 Å². The first-order valence-corrected chi connectivity index (χ1v) is 11.8. The molecule has 3 aromatic rings. The maximum Gasteiger partial charge on any atom is 0.248 e. The van der Waals surface area contributed by atoms with Gasteiger partial charge in [0.05, 0.1) is 18.6 Å². The number of hydrogen-bond acceptors (Lipinski definition) is 4. The predicted molar refractivity (Wildman–Crippen MR) is 125 cm³/mol. The topological polar surface area (TPSA) is 75.7 Å². The Bertz CT molecular complexity index is 1130. The van der Waals surface area contributed by atoms with Gasteiger partial charge in [-0.25, -0.2) is 8.42 Å². The van der Waals surface area contributed by atoms with Crippen LogP contribution in [0.25, 0.3) is 11.1 Å². The van der Waals surface area contributed by atoms with Crippen LogP contribution in [0.1, 0.15) is 13.8 Å². The van der Waals surface area contributed by atoms with Crippen LogP contribution in [0.2, 0.25) is 0 Å². The summed E-state index contributed by atoms with van der Waals surface area (Å²) in [6.45, 7) is 3.95. The van der Waals surface area contributed by atoms with Crippen LogP contribution in [0.3, 0.4) is 0 Å². The minimum atomic E-state index is -3.71. The summed E-state index contributed by atoms with van der Waals surface area (Å²) >= 11 is 0. The van der Waals surface area contributed by atoms with Crippen molar-refractivity contribution < 1.29 is 17.9 Å². The minimum Gasteiger partial charge on any atom is -0.494 e. The van der Waals surface area contributed by atoms with Crippen LogP contribution < -0.4 is 14.4 Å². The van der Waals surface area contributed by atoms with Crippen LogP contribution in [-0.4, -0.2) is 33.2 Å². The van der Waals surface area contributed by atoms with E-state index in [1.807, 2.05) is 55.5 Å². The van der Waals surface area contributed by atoms with Crippen LogP contribution in [0.5, 0.6) is 5.75 Å². The van der Waals surface area contributed by atoms with Crippen LogP contribution in [-0.2, 0) is 14.8 Å². The fourth-order valence-electron chi connectivity index (χ4n) is 3.36. The van der Waals surface area contributed by atoms with E-state index >= 15 is 0 Å². The Hall–Kier alpha value is -3.32. The van der Waals surface area contributed by atoms with Crippen molar-refractivity contribution in [2.24, 2.45) is 0 Å². The molecule has 31 heavy (non-hydrogen) atoms. The highest BCUT2D eigenvalue weighted by atomic mass is 32.2. The van der Waals surface area contributed by atoms with E-state index in [1.54, 1.807) is 37.3 Å². The number of nitrogens with zero attached hydrogens (tertiary/aromatic N) is 1. The third-order valence-corrected chi connectivity index (χ3v) is 6.00. The second-order valence-electron chi connectivity index (χ2n) is 7.06. The van der Waals surface area contributed by atoms with Gasteiger partial charge in [0.15, 0.2) is 0 Å². The van der Waals surface area contributed by atoms with Crippen LogP contribution >= 0.6 is 0 Å². The van der Waals surface area contributed by atoms with E-state index in [2.05, 4.69) is 5.32 Å². The molecule has 0 heterocycles. The van der Waals surface area contributed by atoms with E-state index < -0.39 is 22.0 Å². The molecule has 1 atom stereocenters. The zero-order valence-electron chi connectivity index (χ0n) is 17.8. The third-order valence-electron chi connectivity index (χ3n) is 4.76. The quantitative estimate of drug-likeness (QED) is 0.560. The van der Waals surface area contributed by atoms with E-state index in [-0.39, 0.29) is 0 Å². The standard InChI is InChI=1S/C24H26N2O4S/c1-4-30-21-16-14-20(15-17-21)26(31(3,28)29)18(2)24(27)25-23-13-9-8-12-22(23)19-10-6-5-7-11-19/h5-18H,4H2,1-3H3,(H,25,27)/t18-/m1/s1.